The van der Waals surface area contributed by atoms with E-state index in [0.717, 1.165) is 36.2 Å². The molecule has 2 nitrogen and oxygen atoms in total. The molecule has 0 saturated heterocycles. The Labute approximate surface area is 187 Å². The number of benzene rings is 1. The van der Waals surface area contributed by atoms with E-state index in [0.29, 0.717) is 11.3 Å². The van der Waals surface area contributed by atoms with E-state index in [1.807, 2.05) is 0 Å². The van der Waals surface area contributed by atoms with Gasteiger partial charge >= 0.3 is 5.97 Å². The first-order valence-electron chi connectivity index (χ1n) is 12.3. The molecule has 3 saturated carbocycles. The number of carbonyl (C=O) groups is 1. The van der Waals surface area contributed by atoms with Gasteiger partial charge in [-0.1, -0.05) is 50.0 Å². The Kier molecular flexibility index (Phi) is 5.28. The molecule has 0 amide bonds. The van der Waals surface area contributed by atoms with Gasteiger partial charge in [0.2, 0.25) is 0 Å². The predicted molar refractivity (Wildman–Crippen MR) is 124 cm³/mol. The Morgan fingerprint density at radius 1 is 1.00 bits per heavy atom. The Hall–Kier alpha value is -2.01. The molecule has 7 atom stereocenters. The van der Waals surface area contributed by atoms with Crippen molar-refractivity contribution in [2.75, 3.05) is 0 Å². The Balaban J connectivity index is 1.33. The van der Waals surface area contributed by atoms with Gasteiger partial charge in [-0.15, -0.1) is 0 Å². The quantitative estimate of drug-likeness (QED) is 0.383. The van der Waals surface area contributed by atoms with Crippen LogP contribution in [0.15, 0.2) is 42.0 Å². The maximum absolute atomic E-state index is 11.5. The summed E-state index contributed by atoms with van der Waals surface area (Å²) in [5.41, 5.74) is 3.17. The van der Waals surface area contributed by atoms with Crippen LogP contribution in [0.25, 0.3) is 0 Å². The number of ether oxygens (including phenoxy) is 1. The molecular formula is C29H36O2. The largest absolute Gasteiger partial charge is 0.463 e. The summed E-state index contributed by atoms with van der Waals surface area (Å²) in [6.07, 6.45) is 12.4. The maximum Gasteiger partial charge on any atom is 0.302 e. The van der Waals surface area contributed by atoms with E-state index in [9.17, 15) is 4.79 Å². The van der Waals surface area contributed by atoms with Crippen LogP contribution < -0.4 is 0 Å². The van der Waals surface area contributed by atoms with Gasteiger partial charge in [-0.25, -0.2) is 0 Å². The molecule has 4 aliphatic rings. The van der Waals surface area contributed by atoms with Crippen molar-refractivity contribution >= 4 is 5.97 Å². The first-order valence-corrected chi connectivity index (χ1v) is 12.3. The second-order valence-electron chi connectivity index (χ2n) is 11.1. The first-order chi connectivity index (χ1) is 14.9. The average molecular weight is 417 g/mol. The van der Waals surface area contributed by atoms with Crippen LogP contribution in [0.4, 0.5) is 0 Å². The second kappa shape index (κ2) is 7.84. The molecular weight excluding hydrogens is 380 g/mol. The van der Waals surface area contributed by atoms with E-state index < -0.39 is 0 Å². The molecule has 3 fully saturated rings. The van der Waals surface area contributed by atoms with Crippen molar-refractivity contribution in [2.24, 2.45) is 34.5 Å². The molecule has 0 N–H and O–H groups in total. The molecule has 0 unspecified atom stereocenters. The van der Waals surface area contributed by atoms with Crippen LogP contribution in [-0.4, -0.2) is 12.1 Å². The van der Waals surface area contributed by atoms with E-state index in [4.69, 9.17) is 4.74 Å². The minimum atomic E-state index is -0.114. The van der Waals surface area contributed by atoms with E-state index >= 15 is 0 Å². The van der Waals surface area contributed by atoms with Crippen molar-refractivity contribution in [3.05, 3.63) is 47.5 Å². The second-order valence-corrected chi connectivity index (χ2v) is 11.1. The summed E-state index contributed by atoms with van der Waals surface area (Å²) in [5.74, 6) is 9.99. The van der Waals surface area contributed by atoms with Crippen molar-refractivity contribution < 1.29 is 9.53 Å². The first kappa shape index (κ1) is 20.9. The molecule has 0 heterocycles. The highest BCUT2D eigenvalue weighted by Crippen LogP contribution is 2.66. The van der Waals surface area contributed by atoms with Gasteiger partial charge in [0.15, 0.2) is 0 Å². The highest BCUT2D eigenvalue weighted by Gasteiger charge is 2.58. The number of hydrogen-bond donors (Lipinski definition) is 0. The van der Waals surface area contributed by atoms with Crippen molar-refractivity contribution in [1.82, 2.24) is 0 Å². The van der Waals surface area contributed by atoms with Crippen LogP contribution in [0.1, 0.15) is 77.7 Å². The lowest BCUT2D eigenvalue weighted by Gasteiger charge is -2.60. The smallest absolute Gasteiger partial charge is 0.302 e. The lowest BCUT2D eigenvalue weighted by atomic mass is 9.44. The maximum atomic E-state index is 11.5. The molecule has 1 aromatic carbocycles. The zero-order valence-electron chi connectivity index (χ0n) is 19.3. The van der Waals surface area contributed by atoms with Gasteiger partial charge in [-0.05, 0) is 92.6 Å². The molecule has 0 spiro atoms. The summed E-state index contributed by atoms with van der Waals surface area (Å²) in [6, 6.07) is 10.4. The summed E-state index contributed by atoms with van der Waals surface area (Å²) < 4.78 is 5.62. The van der Waals surface area contributed by atoms with Gasteiger partial charge in [0.05, 0.1) is 0 Å². The fraction of sp³-hybridized carbons (Fsp3) is 0.621. The van der Waals surface area contributed by atoms with Crippen LogP contribution in [0.2, 0.25) is 0 Å². The third-order valence-electron chi connectivity index (χ3n) is 9.65. The SMILES string of the molecule is CC(=O)O[C@H]1CC[C@@]2(C)[C@@H](CC[C@H]3[C@H]2CC[C@]2(C)C(C#Cc4ccccc4)=CC[C@H]32)C1. The van der Waals surface area contributed by atoms with Crippen LogP contribution >= 0.6 is 0 Å². The summed E-state index contributed by atoms with van der Waals surface area (Å²) in [5, 5.41) is 0. The third kappa shape index (κ3) is 3.55. The van der Waals surface area contributed by atoms with Crippen LogP contribution in [0.5, 0.6) is 0 Å². The zero-order chi connectivity index (χ0) is 21.6. The fourth-order valence-electron chi connectivity index (χ4n) is 7.98. The van der Waals surface area contributed by atoms with Crippen molar-refractivity contribution in [3.63, 3.8) is 0 Å². The molecule has 1 aromatic rings. The van der Waals surface area contributed by atoms with E-state index in [1.54, 1.807) is 6.92 Å². The van der Waals surface area contributed by atoms with Gasteiger partial charge in [0.25, 0.3) is 0 Å². The Morgan fingerprint density at radius 3 is 2.58 bits per heavy atom. The van der Waals surface area contributed by atoms with E-state index in [1.165, 1.54) is 44.1 Å². The number of rotatable bonds is 1. The Morgan fingerprint density at radius 2 is 1.81 bits per heavy atom. The van der Waals surface area contributed by atoms with Gasteiger partial charge in [-0.3, -0.25) is 4.79 Å². The van der Waals surface area contributed by atoms with Crippen molar-refractivity contribution in [3.8, 4) is 11.8 Å². The molecule has 4 aliphatic carbocycles. The van der Waals surface area contributed by atoms with Crippen LogP contribution in [0, 0.1) is 46.3 Å². The van der Waals surface area contributed by atoms with Crippen molar-refractivity contribution in [2.45, 2.75) is 78.2 Å². The van der Waals surface area contributed by atoms with Crippen molar-refractivity contribution in [1.29, 1.82) is 0 Å². The third-order valence-corrected chi connectivity index (χ3v) is 9.65. The predicted octanol–water partition coefficient (Wildman–Crippen LogP) is 6.55. The minimum absolute atomic E-state index is 0.114. The van der Waals surface area contributed by atoms with Gasteiger partial charge in [0.1, 0.15) is 6.10 Å². The summed E-state index contributed by atoms with van der Waals surface area (Å²) in [6.45, 7) is 6.62. The van der Waals surface area contributed by atoms with Gasteiger partial charge in [-0.2, -0.15) is 0 Å². The number of hydrogen-bond acceptors (Lipinski definition) is 2. The molecule has 0 aliphatic heterocycles. The molecule has 5 rings (SSSR count). The highest BCUT2D eigenvalue weighted by atomic mass is 16.5. The monoisotopic (exact) mass is 416 g/mol. The fourth-order valence-corrected chi connectivity index (χ4v) is 7.98. The number of esters is 1. The molecule has 2 heteroatoms. The molecule has 0 aromatic heterocycles. The van der Waals surface area contributed by atoms with E-state index in [-0.39, 0.29) is 17.5 Å². The minimum Gasteiger partial charge on any atom is -0.463 e. The standard InChI is InChI=1S/C29H36O2/c1-20(30)31-24-15-17-29(3)23(19-24)11-13-25-26-14-12-22(28(26,2)18-16-27(25)29)10-9-21-7-5-4-6-8-21/h4-8,12,23-27H,11,13-19H2,1-3H3/t23-,24-,25+,26+,27+,28+,29-/m0/s1. The summed E-state index contributed by atoms with van der Waals surface area (Å²) in [7, 11) is 0. The topological polar surface area (TPSA) is 26.3 Å². The lowest BCUT2D eigenvalue weighted by molar-refractivity contribution is -0.158. The summed E-state index contributed by atoms with van der Waals surface area (Å²) >= 11 is 0. The molecule has 164 valence electrons. The highest BCUT2D eigenvalue weighted by molar-refractivity contribution is 5.66. The molecule has 0 radical (unpaired) electrons. The Bertz CT molecular complexity index is 934. The number of allylic oxidation sites excluding steroid dienone is 2. The molecule has 0 bridgehead atoms. The van der Waals surface area contributed by atoms with E-state index in [2.05, 4.69) is 62.1 Å². The number of carbonyl (C=O) groups excluding carboxylic acids is 1. The van der Waals surface area contributed by atoms with Gasteiger partial charge in [0, 0.05) is 23.5 Å². The molecule has 31 heavy (non-hydrogen) atoms. The number of fused-ring (bicyclic) bond motifs is 5. The zero-order valence-corrected chi connectivity index (χ0v) is 19.3. The van der Waals surface area contributed by atoms with Gasteiger partial charge < -0.3 is 4.74 Å². The van der Waals surface area contributed by atoms with Crippen LogP contribution in [0.3, 0.4) is 0 Å². The summed E-state index contributed by atoms with van der Waals surface area (Å²) in [4.78, 5) is 11.5. The lowest BCUT2D eigenvalue weighted by Crippen LogP contribution is -2.53. The normalized spacial score (nSPS) is 41.0. The van der Waals surface area contributed by atoms with Crippen LogP contribution in [-0.2, 0) is 9.53 Å². The average Bonchev–Trinajstić information content (AvgIpc) is 3.09.